The summed E-state index contributed by atoms with van der Waals surface area (Å²) in [4.78, 5) is 13.1. The lowest BCUT2D eigenvalue weighted by molar-refractivity contribution is 0.0288. The first kappa shape index (κ1) is 11.3. The van der Waals surface area contributed by atoms with Crippen LogP contribution in [0.3, 0.4) is 0 Å². The smallest absolute Gasteiger partial charge is 0.411 e. The predicted octanol–water partition coefficient (Wildman–Crippen LogP) is 0.145. The van der Waals surface area contributed by atoms with Crippen LogP contribution in [-0.2, 0) is 4.74 Å². The quantitative estimate of drug-likeness (QED) is 0.635. The van der Waals surface area contributed by atoms with Crippen molar-refractivity contribution in [3.05, 3.63) is 0 Å². The third-order valence-corrected chi connectivity index (χ3v) is 1.88. The number of hydrogen-bond acceptors (Lipinski definition) is 4. The average Bonchev–Trinajstić information content (AvgIpc) is 2.48. The molecule has 5 heteroatoms. The van der Waals surface area contributed by atoms with Crippen LogP contribution < -0.4 is 5.32 Å². The van der Waals surface area contributed by atoms with Crippen LogP contribution in [0.2, 0.25) is 0 Å². The highest BCUT2D eigenvalue weighted by Gasteiger charge is 2.28. The number of ether oxygens (including phenoxy) is 1. The number of hydrogen-bond donors (Lipinski definition) is 2. The molecule has 1 heterocycles. The zero-order valence-electron chi connectivity index (χ0n) is 8.91. The number of aliphatic hydroxyl groups is 1. The lowest BCUT2D eigenvalue weighted by Gasteiger charge is -2.23. The van der Waals surface area contributed by atoms with Gasteiger partial charge in [-0.25, -0.2) is 4.79 Å². The van der Waals surface area contributed by atoms with E-state index in [-0.39, 0.29) is 18.7 Å². The molecule has 1 fully saturated rings. The third-order valence-electron chi connectivity index (χ3n) is 1.88. The highest BCUT2D eigenvalue weighted by atomic mass is 16.6. The van der Waals surface area contributed by atoms with E-state index in [0.717, 1.165) is 0 Å². The van der Waals surface area contributed by atoms with Gasteiger partial charge in [-0.15, -0.1) is 0 Å². The van der Waals surface area contributed by atoms with Crippen molar-refractivity contribution in [1.82, 2.24) is 10.2 Å². The lowest BCUT2D eigenvalue weighted by atomic mass is 10.2. The van der Waals surface area contributed by atoms with Gasteiger partial charge in [-0.1, -0.05) is 0 Å². The summed E-state index contributed by atoms with van der Waals surface area (Å²) in [6, 6.07) is -0.0254. The summed E-state index contributed by atoms with van der Waals surface area (Å²) in [5.41, 5.74) is -0.464. The van der Waals surface area contributed by atoms with E-state index in [0.29, 0.717) is 13.2 Å². The number of carbonyl (C=O) groups is 1. The Kier molecular flexibility index (Phi) is 3.34. The fraction of sp³-hybridized carbons (Fsp3) is 0.889. The van der Waals surface area contributed by atoms with E-state index >= 15 is 0 Å². The van der Waals surface area contributed by atoms with E-state index in [2.05, 4.69) is 5.32 Å². The Hall–Kier alpha value is -0.810. The molecule has 82 valence electrons. The van der Waals surface area contributed by atoms with Crippen molar-refractivity contribution in [1.29, 1.82) is 0 Å². The van der Waals surface area contributed by atoms with Crippen LogP contribution in [-0.4, -0.2) is 47.6 Å². The molecule has 0 radical (unpaired) electrons. The van der Waals surface area contributed by atoms with Crippen LogP contribution in [0.15, 0.2) is 0 Å². The minimum Gasteiger partial charge on any atom is -0.444 e. The molecular formula is C9H18N2O3. The van der Waals surface area contributed by atoms with E-state index in [1.54, 1.807) is 4.90 Å². The fourth-order valence-electron chi connectivity index (χ4n) is 1.22. The Morgan fingerprint density at radius 3 is 2.71 bits per heavy atom. The maximum Gasteiger partial charge on any atom is 0.411 e. The molecule has 0 aliphatic carbocycles. The molecule has 1 aliphatic rings. The van der Waals surface area contributed by atoms with Gasteiger partial charge in [0.05, 0.1) is 13.3 Å². The number of rotatable bonds is 1. The molecule has 1 atom stereocenters. The van der Waals surface area contributed by atoms with Gasteiger partial charge >= 0.3 is 6.09 Å². The average molecular weight is 202 g/mol. The number of nitrogens with zero attached hydrogens (tertiary/aromatic N) is 1. The maximum absolute atomic E-state index is 11.5. The molecule has 1 aliphatic heterocycles. The largest absolute Gasteiger partial charge is 0.444 e. The summed E-state index contributed by atoms with van der Waals surface area (Å²) >= 11 is 0. The second kappa shape index (κ2) is 4.14. The highest BCUT2D eigenvalue weighted by Crippen LogP contribution is 2.11. The number of carbonyl (C=O) groups excluding carboxylic acids is 1. The summed E-state index contributed by atoms with van der Waals surface area (Å²) in [5.74, 6) is 0. The van der Waals surface area contributed by atoms with Gasteiger partial charge in [-0.2, -0.15) is 0 Å². The molecule has 0 aromatic carbocycles. The van der Waals surface area contributed by atoms with Crippen LogP contribution in [0.4, 0.5) is 4.79 Å². The van der Waals surface area contributed by atoms with Crippen LogP contribution in [0, 0.1) is 0 Å². The van der Waals surface area contributed by atoms with E-state index in [9.17, 15) is 4.79 Å². The fourth-order valence-corrected chi connectivity index (χ4v) is 1.22. The summed E-state index contributed by atoms with van der Waals surface area (Å²) in [6.45, 7) is 6.48. The normalized spacial score (nSPS) is 22.6. The first-order valence-electron chi connectivity index (χ1n) is 4.74. The van der Waals surface area contributed by atoms with E-state index in [4.69, 9.17) is 9.84 Å². The van der Waals surface area contributed by atoms with Gasteiger partial charge in [0.15, 0.2) is 0 Å². The van der Waals surface area contributed by atoms with Gasteiger partial charge in [0.1, 0.15) is 5.60 Å². The SMILES string of the molecule is CC(C)(C)OC(=O)N1CNC(CO)C1. The van der Waals surface area contributed by atoms with Gasteiger partial charge in [0.25, 0.3) is 0 Å². The van der Waals surface area contributed by atoms with Gasteiger partial charge in [0.2, 0.25) is 0 Å². The lowest BCUT2D eigenvalue weighted by Crippen LogP contribution is -2.36. The van der Waals surface area contributed by atoms with Crippen molar-refractivity contribution < 1.29 is 14.6 Å². The van der Waals surface area contributed by atoms with Crippen LogP contribution in [0.1, 0.15) is 20.8 Å². The van der Waals surface area contributed by atoms with Crippen molar-refractivity contribution in [2.45, 2.75) is 32.4 Å². The highest BCUT2D eigenvalue weighted by molar-refractivity contribution is 5.68. The van der Waals surface area contributed by atoms with Crippen molar-refractivity contribution >= 4 is 6.09 Å². The molecule has 1 amide bonds. The molecule has 14 heavy (non-hydrogen) atoms. The molecular weight excluding hydrogens is 184 g/mol. The summed E-state index contributed by atoms with van der Waals surface area (Å²) in [7, 11) is 0. The van der Waals surface area contributed by atoms with E-state index in [1.165, 1.54) is 0 Å². The van der Waals surface area contributed by atoms with Gasteiger partial charge < -0.3 is 9.84 Å². The monoisotopic (exact) mass is 202 g/mol. The Labute approximate surface area is 84.0 Å². The Morgan fingerprint density at radius 1 is 1.64 bits per heavy atom. The molecule has 1 unspecified atom stereocenters. The Bertz CT molecular complexity index is 213. The van der Waals surface area contributed by atoms with Crippen molar-refractivity contribution in [2.75, 3.05) is 19.8 Å². The maximum atomic E-state index is 11.5. The molecule has 0 bridgehead atoms. The molecule has 1 rings (SSSR count). The number of aliphatic hydroxyl groups excluding tert-OH is 1. The standard InChI is InChI=1S/C9H18N2O3/c1-9(2,3)14-8(13)11-4-7(5-12)10-6-11/h7,10,12H,4-6H2,1-3H3. The zero-order valence-corrected chi connectivity index (χ0v) is 8.91. The van der Waals surface area contributed by atoms with Gasteiger partial charge in [-0.05, 0) is 20.8 Å². The molecule has 0 spiro atoms. The second-order valence-electron chi connectivity index (χ2n) is 4.44. The van der Waals surface area contributed by atoms with Gasteiger partial charge in [0, 0.05) is 12.6 Å². The summed E-state index contributed by atoms with van der Waals surface area (Å²) < 4.78 is 5.18. The third kappa shape index (κ3) is 3.16. The Morgan fingerprint density at radius 2 is 2.29 bits per heavy atom. The minimum absolute atomic E-state index is 0.0254. The van der Waals surface area contributed by atoms with Gasteiger partial charge in [-0.3, -0.25) is 10.2 Å². The first-order chi connectivity index (χ1) is 6.42. The predicted molar refractivity (Wildman–Crippen MR) is 51.8 cm³/mol. The Balaban J connectivity index is 2.40. The van der Waals surface area contributed by atoms with Crippen molar-refractivity contribution in [3.63, 3.8) is 0 Å². The molecule has 2 N–H and O–H groups in total. The molecule has 1 saturated heterocycles. The van der Waals surface area contributed by atoms with Crippen LogP contribution >= 0.6 is 0 Å². The van der Waals surface area contributed by atoms with Crippen LogP contribution in [0.25, 0.3) is 0 Å². The first-order valence-corrected chi connectivity index (χ1v) is 4.74. The molecule has 0 aromatic rings. The molecule has 0 aromatic heterocycles. The topological polar surface area (TPSA) is 61.8 Å². The molecule has 0 saturated carbocycles. The van der Waals surface area contributed by atoms with Crippen molar-refractivity contribution in [2.24, 2.45) is 0 Å². The second-order valence-corrected chi connectivity index (χ2v) is 4.44. The summed E-state index contributed by atoms with van der Waals surface area (Å²) in [5, 5.41) is 11.9. The van der Waals surface area contributed by atoms with E-state index < -0.39 is 5.60 Å². The zero-order chi connectivity index (χ0) is 10.8. The minimum atomic E-state index is -0.464. The molecule has 5 nitrogen and oxygen atoms in total. The number of amides is 1. The summed E-state index contributed by atoms with van der Waals surface area (Å²) in [6.07, 6.45) is -0.332. The van der Waals surface area contributed by atoms with E-state index in [1.807, 2.05) is 20.8 Å². The van der Waals surface area contributed by atoms with Crippen LogP contribution in [0.5, 0.6) is 0 Å². The van der Waals surface area contributed by atoms with Crippen molar-refractivity contribution in [3.8, 4) is 0 Å². The number of nitrogens with one attached hydrogen (secondary N) is 1.